The molecule has 4 rings (SSSR count). The summed E-state index contributed by atoms with van der Waals surface area (Å²) < 4.78 is 2.32. The van der Waals surface area contributed by atoms with Gasteiger partial charge in [-0.3, -0.25) is 4.79 Å². The van der Waals surface area contributed by atoms with Crippen molar-refractivity contribution in [3.05, 3.63) is 95.7 Å². The molecule has 2 N–H and O–H groups in total. The minimum atomic E-state index is -0.0717. The average molecular weight is 666 g/mol. The maximum atomic E-state index is 12.4. The number of anilines is 1. The van der Waals surface area contributed by atoms with Gasteiger partial charge in [-0.1, -0.05) is 120 Å². The molecule has 2 aromatic carbocycles. The summed E-state index contributed by atoms with van der Waals surface area (Å²) in [4.78, 5) is 14.9. The molecule has 0 aromatic heterocycles. The largest absolute Gasteiger partial charge is 0.356 e. The minimum Gasteiger partial charge on any atom is -0.356 e. The molecule has 0 aliphatic carbocycles. The highest BCUT2D eigenvalue weighted by Gasteiger charge is 2.42. The Balaban J connectivity index is 1.20. The van der Waals surface area contributed by atoms with E-state index in [1.54, 1.807) is 0 Å². The highest BCUT2D eigenvalue weighted by Crippen LogP contribution is 2.47. The van der Waals surface area contributed by atoms with Crippen molar-refractivity contribution in [3.63, 3.8) is 0 Å². The maximum Gasteiger partial charge on any atom is 0.219 e. The lowest BCUT2D eigenvalue weighted by Crippen LogP contribution is -2.28. The topological polar surface area (TPSA) is 47.4 Å². The Morgan fingerprint density at radius 1 is 0.735 bits per heavy atom. The number of hydrogen-bond donors (Lipinski definition) is 2. The first kappa shape index (κ1) is 38.4. The Morgan fingerprint density at radius 2 is 1.41 bits per heavy atom. The van der Waals surface area contributed by atoms with Crippen LogP contribution >= 0.6 is 0 Å². The van der Waals surface area contributed by atoms with Crippen molar-refractivity contribution in [2.24, 2.45) is 0 Å². The molecular formula is C44H65N4O+. The number of nitrogens with zero attached hydrogens (tertiary/aromatic N) is 2. The van der Waals surface area contributed by atoms with Crippen molar-refractivity contribution in [1.29, 1.82) is 0 Å². The van der Waals surface area contributed by atoms with Crippen LogP contribution in [0.2, 0.25) is 0 Å². The number of para-hydroxylation sites is 2. The van der Waals surface area contributed by atoms with Crippen LogP contribution in [-0.4, -0.2) is 49.4 Å². The normalized spacial score (nSPS) is 17.1. The molecule has 0 saturated heterocycles. The molecule has 2 heterocycles. The second-order valence-corrected chi connectivity index (χ2v) is 15.1. The average Bonchev–Trinajstić information content (AvgIpc) is 3.42. The maximum absolute atomic E-state index is 12.4. The van der Waals surface area contributed by atoms with Crippen molar-refractivity contribution in [2.45, 2.75) is 122 Å². The molecule has 0 unspecified atom stereocenters. The summed E-state index contributed by atoms with van der Waals surface area (Å²) in [5, 5.41) is 6.65. The van der Waals surface area contributed by atoms with Crippen LogP contribution in [0.25, 0.3) is 0 Å². The lowest BCUT2D eigenvalue weighted by molar-refractivity contribution is -0.401. The van der Waals surface area contributed by atoms with Crippen LogP contribution in [-0.2, 0) is 15.6 Å². The summed E-state index contributed by atoms with van der Waals surface area (Å²) in [6.07, 6.45) is 25.1. The van der Waals surface area contributed by atoms with E-state index < -0.39 is 0 Å². The number of hydrogen-bond acceptors (Lipinski definition) is 3. The number of allylic oxidation sites excluding steroid dienone is 6. The third kappa shape index (κ3) is 10.3. The van der Waals surface area contributed by atoms with E-state index in [4.69, 9.17) is 0 Å². The highest BCUT2D eigenvalue weighted by atomic mass is 16.1. The molecule has 1 amide bonds. The Kier molecular flexibility index (Phi) is 14.9. The van der Waals surface area contributed by atoms with Crippen molar-refractivity contribution >= 4 is 23.0 Å². The Bertz CT molecular complexity index is 1480. The zero-order valence-corrected chi connectivity index (χ0v) is 31.6. The number of amides is 1. The molecule has 0 bridgehead atoms. The smallest absolute Gasteiger partial charge is 0.219 e. The second kappa shape index (κ2) is 19.1. The zero-order valence-electron chi connectivity index (χ0n) is 31.6. The first-order chi connectivity index (χ1) is 23.7. The van der Waals surface area contributed by atoms with Gasteiger partial charge in [-0.2, -0.15) is 4.58 Å². The molecule has 0 radical (unpaired) electrons. The Morgan fingerprint density at radius 3 is 2.18 bits per heavy atom. The number of benzene rings is 2. The molecule has 49 heavy (non-hydrogen) atoms. The van der Waals surface area contributed by atoms with Crippen LogP contribution in [0, 0.1) is 0 Å². The van der Waals surface area contributed by atoms with E-state index in [0.717, 1.165) is 51.9 Å². The third-order valence-electron chi connectivity index (χ3n) is 10.6. The predicted octanol–water partition coefficient (Wildman–Crippen LogP) is 9.89. The van der Waals surface area contributed by atoms with Gasteiger partial charge in [0, 0.05) is 54.0 Å². The summed E-state index contributed by atoms with van der Waals surface area (Å²) in [6, 6.07) is 17.5. The SMILES string of the molecule is CCCCCCCCCNCCCNC(=O)CCCCCN1C(=CC=CC=CC2=[N+](C)c3ccccc3C2(C)C)C(C)(C)c2ccccc21. The Hall–Kier alpha value is -3.44. The number of nitrogens with one attached hydrogen (secondary N) is 2. The van der Waals surface area contributed by atoms with E-state index in [-0.39, 0.29) is 16.7 Å². The first-order valence-corrected chi connectivity index (χ1v) is 19.3. The lowest BCUT2D eigenvalue weighted by atomic mass is 9.81. The van der Waals surface area contributed by atoms with Crippen molar-refractivity contribution in [3.8, 4) is 0 Å². The number of fused-ring (bicyclic) bond motifs is 2. The number of rotatable bonds is 21. The molecule has 0 fully saturated rings. The molecular weight excluding hydrogens is 601 g/mol. The summed E-state index contributed by atoms with van der Waals surface area (Å²) >= 11 is 0. The van der Waals surface area contributed by atoms with E-state index in [0.29, 0.717) is 6.42 Å². The second-order valence-electron chi connectivity index (χ2n) is 15.1. The van der Waals surface area contributed by atoms with Gasteiger partial charge in [-0.25, -0.2) is 0 Å². The molecule has 0 atom stereocenters. The third-order valence-corrected chi connectivity index (χ3v) is 10.6. The fourth-order valence-corrected chi connectivity index (χ4v) is 7.64. The van der Waals surface area contributed by atoms with E-state index in [1.807, 2.05) is 0 Å². The zero-order chi connectivity index (χ0) is 35.1. The Labute approximate surface area is 298 Å². The summed E-state index contributed by atoms with van der Waals surface area (Å²) in [7, 11) is 2.17. The van der Waals surface area contributed by atoms with Gasteiger partial charge in [0.15, 0.2) is 5.71 Å². The van der Waals surface area contributed by atoms with Gasteiger partial charge in [0.25, 0.3) is 0 Å². The van der Waals surface area contributed by atoms with E-state index in [1.165, 1.54) is 78.9 Å². The summed E-state index contributed by atoms with van der Waals surface area (Å²) in [5.74, 6) is 0.188. The summed E-state index contributed by atoms with van der Waals surface area (Å²) in [5.41, 5.74) is 7.89. The highest BCUT2D eigenvalue weighted by molar-refractivity contribution is 6.03. The lowest BCUT2D eigenvalue weighted by Gasteiger charge is -2.27. The molecule has 2 aromatic rings. The van der Waals surface area contributed by atoms with Crippen LogP contribution < -0.4 is 15.5 Å². The molecule has 266 valence electrons. The number of unbranched alkanes of at least 4 members (excludes halogenated alkanes) is 8. The monoisotopic (exact) mass is 666 g/mol. The molecule has 2 aliphatic heterocycles. The van der Waals surface area contributed by atoms with E-state index >= 15 is 0 Å². The van der Waals surface area contributed by atoms with Crippen LogP contribution in [0.5, 0.6) is 0 Å². The summed E-state index contributed by atoms with van der Waals surface area (Å²) in [6.45, 7) is 15.3. The fraction of sp³-hybridized carbons (Fsp3) is 0.545. The fourth-order valence-electron chi connectivity index (χ4n) is 7.64. The van der Waals surface area contributed by atoms with Gasteiger partial charge in [0.2, 0.25) is 11.6 Å². The van der Waals surface area contributed by atoms with E-state index in [2.05, 4.69) is 141 Å². The van der Waals surface area contributed by atoms with Crippen LogP contribution in [0.3, 0.4) is 0 Å². The molecule has 0 spiro atoms. The van der Waals surface area contributed by atoms with Crippen molar-refractivity contribution < 1.29 is 9.37 Å². The predicted molar refractivity (Wildman–Crippen MR) is 210 cm³/mol. The quantitative estimate of drug-likeness (QED) is 0.0793. The standard InChI is InChI=1S/C44H64N4O/c1-7-8-9-10-11-12-22-32-45-33-24-34-46-42(49)31-17-14-23-35-48-39-28-21-19-26-37(39)44(4,5)41(48)30-16-13-15-29-40-43(2,3)36-25-18-20-27-38(36)47(40)6/h13,15-16,18-21,25-30,45H,7-12,14,17,22-24,31-35H2,1-6H3/p+1. The van der Waals surface area contributed by atoms with Gasteiger partial charge in [0.05, 0.1) is 5.41 Å². The van der Waals surface area contributed by atoms with Gasteiger partial charge in [-0.05, 0) is 70.3 Å². The number of carbonyl (C=O) groups is 1. The van der Waals surface area contributed by atoms with Crippen LogP contribution in [0.4, 0.5) is 11.4 Å². The van der Waals surface area contributed by atoms with E-state index in [9.17, 15) is 4.79 Å². The number of carbonyl (C=O) groups excluding carboxylic acids is 1. The molecule has 5 heteroatoms. The van der Waals surface area contributed by atoms with Gasteiger partial charge < -0.3 is 15.5 Å². The van der Waals surface area contributed by atoms with Crippen LogP contribution in [0.15, 0.2) is 84.6 Å². The first-order valence-electron chi connectivity index (χ1n) is 19.3. The molecule has 0 saturated carbocycles. The van der Waals surface area contributed by atoms with Gasteiger partial charge in [0.1, 0.15) is 7.05 Å². The minimum absolute atomic E-state index is 0.0232. The molecule has 2 aliphatic rings. The van der Waals surface area contributed by atoms with Gasteiger partial charge in [-0.15, -0.1) is 0 Å². The van der Waals surface area contributed by atoms with Gasteiger partial charge >= 0.3 is 0 Å². The molecule has 5 nitrogen and oxygen atoms in total. The van der Waals surface area contributed by atoms with Crippen LogP contribution in [0.1, 0.15) is 123 Å². The van der Waals surface area contributed by atoms with Crippen molar-refractivity contribution in [1.82, 2.24) is 10.6 Å². The van der Waals surface area contributed by atoms with Crippen molar-refractivity contribution in [2.75, 3.05) is 38.1 Å².